The van der Waals surface area contributed by atoms with E-state index < -0.39 is 10.2 Å². The molecule has 0 saturated carbocycles. The number of ether oxygens (including phenoxy) is 1. The van der Waals surface area contributed by atoms with Gasteiger partial charge in [-0.15, -0.1) is 0 Å². The first kappa shape index (κ1) is 17.0. The second-order valence-electron chi connectivity index (χ2n) is 4.89. The van der Waals surface area contributed by atoms with Crippen LogP contribution in [0, 0.1) is 11.3 Å². The predicted molar refractivity (Wildman–Crippen MR) is 83.0 cm³/mol. The Morgan fingerprint density at radius 3 is 2.52 bits per heavy atom. The van der Waals surface area contributed by atoms with E-state index in [1.165, 1.54) is 18.1 Å². The number of rotatable bonds is 3. The lowest BCUT2D eigenvalue weighted by molar-refractivity contribution is 0.184. The summed E-state index contributed by atoms with van der Waals surface area (Å²) >= 11 is 0. The number of amides is 2. The molecule has 0 unspecified atom stereocenters. The van der Waals surface area contributed by atoms with Gasteiger partial charge >= 0.3 is 6.03 Å². The van der Waals surface area contributed by atoms with Crippen LogP contribution in [0.5, 0.6) is 5.75 Å². The molecule has 3 N–H and O–H groups in total. The third-order valence-corrected chi connectivity index (χ3v) is 4.54. The second-order valence-corrected chi connectivity index (χ2v) is 6.43. The van der Waals surface area contributed by atoms with Gasteiger partial charge in [0.25, 0.3) is 10.2 Å². The second kappa shape index (κ2) is 6.82. The largest absolute Gasteiger partial charge is 0.495 e. The molecular formula is C13H17N5O4S. The zero-order chi connectivity index (χ0) is 17.0. The molecule has 9 nitrogen and oxygen atoms in total. The molecule has 1 heterocycles. The summed E-state index contributed by atoms with van der Waals surface area (Å²) in [6.45, 7) is 0.781. The van der Waals surface area contributed by atoms with E-state index in [1.54, 1.807) is 12.1 Å². The molecule has 0 atom stereocenters. The summed E-state index contributed by atoms with van der Waals surface area (Å²) in [6, 6.07) is 6.34. The Morgan fingerprint density at radius 1 is 1.35 bits per heavy atom. The summed E-state index contributed by atoms with van der Waals surface area (Å²) in [5.74, 6) is 0.423. The Labute approximate surface area is 134 Å². The van der Waals surface area contributed by atoms with Crippen LogP contribution in [0.25, 0.3) is 0 Å². The molecule has 0 aliphatic carbocycles. The average Bonchev–Trinajstić information content (AvgIpc) is 2.54. The van der Waals surface area contributed by atoms with Gasteiger partial charge in [-0.25, -0.2) is 9.93 Å². The van der Waals surface area contributed by atoms with E-state index in [1.807, 2.05) is 6.07 Å². The first-order chi connectivity index (χ1) is 10.8. The minimum atomic E-state index is -3.73. The van der Waals surface area contributed by atoms with Crippen molar-refractivity contribution >= 4 is 21.9 Å². The molecule has 10 heteroatoms. The van der Waals surface area contributed by atoms with E-state index >= 15 is 0 Å². The van der Waals surface area contributed by atoms with Crippen LogP contribution in [-0.4, -0.2) is 56.9 Å². The number of carbonyl (C=O) groups is 1. The normalized spacial score (nSPS) is 15.8. The van der Waals surface area contributed by atoms with E-state index in [2.05, 4.69) is 5.32 Å². The van der Waals surface area contributed by atoms with E-state index in [0.29, 0.717) is 17.0 Å². The Morgan fingerprint density at radius 2 is 2.00 bits per heavy atom. The highest BCUT2D eigenvalue weighted by atomic mass is 32.2. The number of nitriles is 1. The Bertz CT molecular complexity index is 735. The maximum Gasteiger partial charge on any atom is 0.321 e. The van der Waals surface area contributed by atoms with Gasteiger partial charge in [-0.1, -0.05) is 0 Å². The van der Waals surface area contributed by atoms with Gasteiger partial charge in [0.15, 0.2) is 0 Å². The van der Waals surface area contributed by atoms with Gasteiger partial charge in [0, 0.05) is 31.9 Å². The third-order valence-electron chi connectivity index (χ3n) is 3.46. The number of urea groups is 1. The monoisotopic (exact) mass is 339 g/mol. The highest BCUT2D eigenvalue weighted by Gasteiger charge is 2.26. The van der Waals surface area contributed by atoms with Crippen LogP contribution >= 0.6 is 0 Å². The predicted octanol–water partition coefficient (Wildman–Crippen LogP) is -0.0801. The number of methoxy groups -OCH3 is 1. The van der Waals surface area contributed by atoms with Crippen molar-refractivity contribution in [3.8, 4) is 11.8 Å². The van der Waals surface area contributed by atoms with Gasteiger partial charge in [-0.2, -0.15) is 18.0 Å². The fourth-order valence-corrected chi connectivity index (χ4v) is 2.89. The van der Waals surface area contributed by atoms with Crippen LogP contribution in [0.1, 0.15) is 5.56 Å². The minimum Gasteiger partial charge on any atom is -0.495 e. The lowest BCUT2D eigenvalue weighted by Gasteiger charge is -2.32. The number of nitrogens with one attached hydrogen (secondary N) is 1. The van der Waals surface area contributed by atoms with Crippen molar-refractivity contribution in [2.45, 2.75) is 0 Å². The molecule has 1 aromatic carbocycles. The van der Waals surface area contributed by atoms with Crippen molar-refractivity contribution in [3.05, 3.63) is 23.8 Å². The van der Waals surface area contributed by atoms with Gasteiger partial charge in [0.2, 0.25) is 0 Å². The fourth-order valence-electron chi connectivity index (χ4n) is 2.22. The Hall–Kier alpha value is -2.35. The molecule has 2 rings (SSSR count). The van der Waals surface area contributed by atoms with E-state index in [-0.39, 0.29) is 32.2 Å². The standard InChI is InChI=1S/C13H17N5O4S/c1-22-12-3-2-11(8-10(12)9-14)16-13(19)17-4-6-18(7-5-17)23(15,20)21/h2-3,8H,4-7H2,1H3,(H,16,19)(H2,15,20,21). The minimum absolute atomic E-state index is 0.151. The van der Waals surface area contributed by atoms with Crippen LogP contribution in [0.3, 0.4) is 0 Å². The highest BCUT2D eigenvalue weighted by Crippen LogP contribution is 2.22. The van der Waals surface area contributed by atoms with Gasteiger partial charge in [0.1, 0.15) is 11.8 Å². The van der Waals surface area contributed by atoms with Crippen molar-refractivity contribution in [3.63, 3.8) is 0 Å². The molecule has 1 aliphatic heterocycles. The molecule has 124 valence electrons. The zero-order valence-corrected chi connectivity index (χ0v) is 13.3. The molecule has 1 aliphatic rings. The maximum atomic E-state index is 12.2. The lowest BCUT2D eigenvalue weighted by Crippen LogP contribution is -2.53. The van der Waals surface area contributed by atoms with Crippen LogP contribution in [0.15, 0.2) is 18.2 Å². The number of nitrogens with zero attached hydrogens (tertiary/aromatic N) is 3. The van der Waals surface area contributed by atoms with Crippen LogP contribution in [0.2, 0.25) is 0 Å². The van der Waals surface area contributed by atoms with Crippen molar-refractivity contribution in [1.82, 2.24) is 9.21 Å². The molecule has 1 saturated heterocycles. The molecule has 2 amide bonds. The van der Waals surface area contributed by atoms with Crippen molar-refractivity contribution < 1.29 is 17.9 Å². The molecule has 0 aromatic heterocycles. The Kier molecular flexibility index (Phi) is 5.05. The summed E-state index contributed by atoms with van der Waals surface area (Å²) < 4.78 is 28.6. The van der Waals surface area contributed by atoms with Crippen molar-refractivity contribution in [2.24, 2.45) is 5.14 Å². The fraction of sp³-hybridized carbons (Fsp3) is 0.385. The molecule has 1 fully saturated rings. The first-order valence-electron chi connectivity index (χ1n) is 6.77. The number of carbonyl (C=O) groups excluding carboxylic acids is 1. The summed E-state index contributed by atoms with van der Waals surface area (Å²) in [7, 11) is -2.27. The highest BCUT2D eigenvalue weighted by molar-refractivity contribution is 7.86. The number of benzene rings is 1. The van der Waals surface area contributed by atoms with Crippen LogP contribution in [-0.2, 0) is 10.2 Å². The first-order valence-corrected chi connectivity index (χ1v) is 8.27. The Balaban J connectivity index is 2.00. The SMILES string of the molecule is COc1ccc(NC(=O)N2CCN(S(N)(=O)=O)CC2)cc1C#N. The third kappa shape index (κ3) is 4.10. The average molecular weight is 339 g/mol. The van der Waals surface area contributed by atoms with E-state index in [0.717, 1.165) is 4.31 Å². The number of piperazine rings is 1. The number of anilines is 1. The van der Waals surface area contributed by atoms with Gasteiger partial charge in [-0.3, -0.25) is 0 Å². The summed E-state index contributed by atoms with van der Waals surface area (Å²) in [6.07, 6.45) is 0. The van der Waals surface area contributed by atoms with Crippen molar-refractivity contribution in [2.75, 3.05) is 38.6 Å². The van der Waals surface area contributed by atoms with E-state index in [9.17, 15) is 13.2 Å². The summed E-state index contributed by atoms with van der Waals surface area (Å²) in [5.41, 5.74) is 0.769. The number of hydrogen-bond acceptors (Lipinski definition) is 5. The summed E-state index contributed by atoms with van der Waals surface area (Å²) in [4.78, 5) is 13.7. The van der Waals surface area contributed by atoms with Gasteiger partial charge < -0.3 is 15.0 Å². The van der Waals surface area contributed by atoms with Crippen LogP contribution in [0.4, 0.5) is 10.5 Å². The maximum absolute atomic E-state index is 12.2. The number of hydrogen-bond donors (Lipinski definition) is 2. The molecule has 0 spiro atoms. The molecule has 0 radical (unpaired) electrons. The van der Waals surface area contributed by atoms with Crippen molar-refractivity contribution in [1.29, 1.82) is 5.26 Å². The molecule has 23 heavy (non-hydrogen) atoms. The van der Waals surface area contributed by atoms with E-state index in [4.69, 9.17) is 15.1 Å². The molecular weight excluding hydrogens is 322 g/mol. The summed E-state index contributed by atoms with van der Waals surface area (Å²) in [5, 5.41) is 16.8. The molecule has 0 bridgehead atoms. The molecule has 1 aromatic rings. The van der Waals surface area contributed by atoms with Crippen LogP contribution < -0.4 is 15.2 Å². The topological polar surface area (TPSA) is 129 Å². The quantitative estimate of drug-likeness (QED) is 0.796. The van der Waals surface area contributed by atoms with Gasteiger partial charge in [0.05, 0.1) is 12.7 Å². The zero-order valence-electron chi connectivity index (χ0n) is 12.5. The smallest absolute Gasteiger partial charge is 0.321 e. The lowest BCUT2D eigenvalue weighted by atomic mass is 10.2. The number of nitrogens with two attached hydrogens (primary N) is 1. The van der Waals surface area contributed by atoms with Gasteiger partial charge in [-0.05, 0) is 18.2 Å².